The molecule has 0 aliphatic rings. The minimum absolute atomic E-state index is 0.366. The van der Waals surface area contributed by atoms with Crippen molar-refractivity contribution < 1.29 is 4.79 Å². The summed E-state index contributed by atoms with van der Waals surface area (Å²) >= 11 is 24.5. The fraction of sp³-hybridized carbons (Fsp3) is 0.125. The third-order valence-corrected chi connectivity index (χ3v) is 6.07. The number of carbonyl (C=O) groups is 1. The van der Waals surface area contributed by atoms with Gasteiger partial charge in [0.15, 0.2) is 0 Å². The van der Waals surface area contributed by atoms with Crippen LogP contribution in [0.4, 0.5) is 0 Å². The van der Waals surface area contributed by atoms with E-state index in [1.54, 1.807) is 42.5 Å². The van der Waals surface area contributed by atoms with Gasteiger partial charge in [-0.1, -0.05) is 59.4 Å². The number of carbonyl (C=O) groups excluding carboxylic acids is 1. The molecule has 4 aromatic rings. The van der Waals surface area contributed by atoms with Gasteiger partial charge in [-0.25, -0.2) is 10.4 Å². The van der Waals surface area contributed by atoms with E-state index >= 15 is 0 Å². The predicted molar refractivity (Wildman–Crippen MR) is 137 cm³/mol. The Morgan fingerprint density at radius 3 is 2.42 bits per heavy atom. The summed E-state index contributed by atoms with van der Waals surface area (Å²) in [7, 11) is 0. The van der Waals surface area contributed by atoms with Gasteiger partial charge in [0.1, 0.15) is 5.82 Å². The molecule has 9 heteroatoms. The molecule has 1 amide bonds. The number of hydrogen-bond donors (Lipinski definition) is 1. The van der Waals surface area contributed by atoms with Crippen LogP contribution in [0, 0.1) is 0 Å². The maximum Gasteiger partial charge on any atom is 0.271 e. The number of hydrazone groups is 1. The lowest BCUT2D eigenvalue weighted by Crippen LogP contribution is -2.17. The average Bonchev–Trinajstić information content (AvgIpc) is 3.13. The van der Waals surface area contributed by atoms with Gasteiger partial charge in [0, 0.05) is 33.3 Å². The fourth-order valence-corrected chi connectivity index (χ4v) is 4.38. The minimum Gasteiger partial charge on any atom is -0.324 e. The van der Waals surface area contributed by atoms with Crippen molar-refractivity contribution in [3.05, 3.63) is 85.8 Å². The lowest BCUT2D eigenvalue weighted by Gasteiger charge is -2.09. The van der Waals surface area contributed by atoms with E-state index in [0.29, 0.717) is 36.7 Å². The van der Waals surface area contributed by atoms with E-state index in [9.17, 15) is 4.79 Å². The zero-order valence-corrected chi connectivity index (χ0v) is 20.5. The average molecular weight is 520 g/mol. The molecule has 0 saturated carbocycles. The largest absolute Gasteiger partial charge is 0.324 e. The van der Waals surface area contributed by atoms with Crippen LogP contribution in [0.15, 0.2) is 59.7 Å². The summed E-state index contributed by atoms with van der Waals surface area (Å²) in [6.45, 7) is 2.84. The molecular formula is C24H18Cl4N4O. The van der Waals surface area contributed by atoms with E-state index in [-0.39, 0.29) is 5.91 Å². The molecule has 0 atom stereocenters. The summed E-state index contributed by atoms with van der Waals surface area (Å²) in [6, 6.07) is 15.7. The number of aromatic nitrogens is 2. The Kier molecular flexibility index (Phi) is 7.25. The molecule has 0 aliphatic heterocycles. The Morgan fingerprint density at radius 2 is 1.73 bits per heavy atom. The molecule has 0 unspecified atom stereocenters. The number of aryl methyl sites for hydroxylation is 1. The van der Waals surface area contributed by atoms with E-state index in [2.05, 4.69) is 22.0 Å². The quantitative estimate of drug-likeness (QED) is 0.212. The van der Waals surface area contributed by atoms with Crippen molar-refractivity contribution in [2.45, 2.75) is 19.9 Å². The zero-order valence-electron chi connectivity index (χ0n) is 17.4. The Balaban J connectivity index is 1.63. The Labute approximate surface area is 210 Å². The second kappa shape index (κ2) is 10.1. The summed E-state index contributed by atoms with van der Waals surface area (Å²) in [5, 5.41) is 6.04. The summed E-state index contributed by atoms with van der Waals surface area (Å²) < 4.78 is 2.09. The summed E-state index contributed by atoms with van der Waals surface area (Å²) in [5.74, 6) is 0.357. The van der Waals surface area contributed by atoms with Gasteiger partial charge < -0.3 is 4.57 Å². The second-order valence-electron chi connectivity index (χ2n) is 7.28. The van der Waals surface area contributed by atoms with Crippen molar-refractivity contribution in [1.82, 2.24) is 15.0 Å². The Morgan fingerprint density at radius 1 is 1.00 bits per heavy atom. The van der Waals surface area contributed by atoms with Gasteiger partial charge in [-0.3, -0.25) is 4.79 Å². The first-order chi connectivity index (χ1) is 15.9. The number of nitrogens with zero attached hydrogens (tertiary/aromatic N) is 3. The number of rotatable bonds is 6. The molecular weight excluding hydrogens is 502 g/mol. The summed E-state index contributed by atoms with van der Waals surface area (Å²) in [5.41, 5.74) is 5.95. The number of halogens is 4. The molecule has 0 bridgehead atoms. The summed E-state index contributed by atoms with van der Waals surface area (Å²) in [6.07, 6.45) is 2.37. The van der Waals surface area contributed by atoms with Crippen molar-refractivity contribution in [2.75, 3.05) is 0 Å². The highest BCUT2D eigenvalue weighted by atomic mass is 35.5. The first kappa shape index (κ1) is 23.6. The number of amides is 1. The standard InChI is InChI=1S/C24H18Cl4N4O/c1-2-9-32-22-8-4-14(24(33)31-29-13-15-3-5-16(25)11-19(15)27)10-21(22)30-23(32)18-7-6-17(26)12-20(18)28/h3-8,10-13H,2,9H2,1H3,(H,31,33)/b29-13+. The Hall–Kier alpha value is -2.57. The Bertz CT molecular complexity index is 1380. The molecule has 1 N–H and O–H groups in total. The molecule has 0 radical (unpaired) electrons. The first-order valence-electron chi connectivity index (χ1n) is 10.1. The minimum atomic E-state index is -0.366. The maximum absolute atomic E-state index is 12.6. The monoisotopic (exact) mass is 518 g/mol. The maximum atomic E-state index is 12.6. The van der Waals surface area contributed by atoms with Gasteiger partial charge in [-0.05, 0) is 55.0 Å². The van der Waals surface area contributed by atoms with E-state index < -0.39 is 0 Å². The van der Waals surface area contributed by atoms with Gasteiger partial charge >= 0.3 is 0 Å². The fourth-order valence-electron chi connectivity index (χ4n) is 3.43. The first-order valence-corrected chi connectivity index (χ1v) is 11.6. The normalized spacial score (nSPS) is 11.4. The summed E-state index contributed by atoms with van der Waals surface area (Å²) in [4.78, 5) is 17.4. The molecule has 0 spiro atoms. The van der Waals surface area contributed by atoms with E-state index in [0.717, 1.165) is 29.9 Å². The number of nitrogens with one attached hydrogen (secondary N) is 1. The number of fused-ring (bicyclic) bond motifs is 1. The van der Waals surface area contributed by atoms with Gasteiger partial charge in [0.2, 0.25) is 0 Å². The second-order valence-corrected chi connectivity index (χ2v) is 8.97. The topological polar surface area (TPSA) is 59.3 Å². The van der Waals surface area contributed by atoms with Crippen LogP contribution in [-0.2, 0) is 6.54 Å². The van der Waals surface area contributed by atoms with Crippen molar-refractivity contribution in [3.8, 4) is 11.4 Å². The SMILES string of the molecule is CCCn1c(-c2ccc(Cl)cc2Cl)nc2cc(C(=O)N/N=C/c3ccc(Cl)cc3Cl)ccc21. The van der Waals surface area contributed by atoms with Gasteiger partial charge in [-0.2, -0.15) is 5.10 Å². The molecule has 0 fully saturated rings. The highest BCUT2D eigenvalue weighted by molar-refractivity contribution is 6.36. The lowest BCUT2D eigenvalue weighted by atomic mass is 10.2. The van der Waals surface area contributed by atoms with E-state index in [1.165, 1.54) is 6.21 Å². The van der Waals surface area contributed by atoms with Gasteiger partial charge in [-0.15, -0.1) is 0 Å². The molecule has 4 rings (SSSR count). The van der Waals surface area contributed by atoms with Crippen LogP contribution in [0.5, 0.6) is 0 Å². The van der Waals surface area contributed by atoms with Crippen LogP contribution in [0.1, 0.15) is 29.3 Å². The molecule has 0 aliphatic carbocycles. The van der Waals surface area contributed by atoms with Crippen molar-refractivity contribution >= 4 is 69.6 Å². The highest BCUT2D eigenvalue weighted by Gasteiger charge is 2.16. The third-order valence-electron chi connectivity index (χ3n) is 4.96. The van der Waals surface area contributed by atoms with E-state index in [4.69, 9.17) is 51.4 Å². The van der Waals surface area contributed by atoms with Gasteiger partial charge in [0.25, 0.3) is 5.91 Å². The number of imidazole rings is 1. The predicted octanol–water partition coefficient (Wildman–Crippen LogP) is 7.49. The van der Waals surface area contributed by atoms with Crippen molar-refractivity contribution in [3.63, 3.8) is 0 Å². The van der Waals surface area contributed by atoms with Crippen LogP contribution in [-0.4, -0.2) is 21.7 Å². The van der Waals surface area contributed by atoms with Crippen LogP contribution >= 0.6 is 46.4 Å². The number of benzene rings is 3. The molecule has 1 heterocycles. The third kappa shape index (κ3) is 5.17. The zero-order chi connectivity index (χ0) is 23.5. The molecule has 0 saturated heterocycles. The van der Waals surface area contributed by atoms with Crippen LogP contribution < -0.4 is 5.43 Å². The lowest BCUT2D eigenvalue weighted by molar-refractivity contribution is 0.0955. The highest BCUT2D eigenvalue weighted by Crippen LogP contribution is 2.32. The van der Waals surface area contributed by atoms with Crippen LogP contribution in [0.25, 0.3) is 22.4 Å². The molecule has 1 aromatic heterocycles. The van der Waals surface area contributed by atoms with Gasteiger partial charge in [0.05, 0.1) is 27.3 Å². The molecule has 3 aromatic carbocycles. The van der Waals surface area contributed by atoms with E-state index in [1.807, 2.05) is 12.1 Å². The molecule has 33 heavy (non-hydrogen) atoms. The van der Waals surface area contributed by atoms with Crippen LogP contribution in [0.2, 0.25) is 20.1 Å². The molecule has 5 nitrogen and oxygen atoms in total. The smallest absolute Gasteiger partial charge is 0.271 e. The van der Waals surface area contributed by atoms with Crippen molar-refractivity contribution in [1.29, 1.82) is 0 Å². The van der Waals surface area contributed by atoms with Crippen LogP contribution in [0.3, 0.4) is 0 Å². The molecule has 168 valence electrons. The van der Waals surface area contributed by atoms with Crippen molar-refractivity contribution in [2.24, 2.45) is 5.10 Å². The number of hydrogen-bond acceptors (Lipinski definition) is 3.